The lowest BCUT2D eigenvalue weighted by atomic mass is 9.95. The second kappa shape index (κ2) is 8.52. The number of hydrogen-bond acceptors (Lipinski definition) is 4. The number of nitrogens with one attached hydrogen (secondary N) is 1. The van der Waals surface area contributed by atoms with Crippen LogP contribution in [-0.2, 0) is 16.0 Å². The van der Waals surface area contributed by atoms with Gasteiger partial charge in [0.1, 0.15) is 5.82 Å². The second-order valence-corrected chi connectivity index (χ2v) is 7.53. The number of carbonyl (C=O) groups excluding carboxylic acids is 2. The van der Waals surface area contributed by atoms with Crippen LogP contribution < -0.4 is 10.2 Å². The van der Waals surface area contributed by atoms with E-state index in [1.165, 1.54) is 5.56 Å². The van der Waals surface area contributed by atoms with Gasteiger partial charge in [-0.1, -0.05) is 24.3 Å². The fourth-order valence-corrected chi connectivity index (χ4v) is 4.09. The first-order chi connectivity index (χ1) is 13.7. The lowest BCUT2D eigenvalue weighted by Gasteiger charge is -2.34. The molecule has 2 aromatic rings. The first-order valence-corrected chi connectivity index (χ1v) is 10.0. The van der Waals surface area contributed by atoms with E-state index in [2.05, 4.69) is 21.3 Å². The number of hydrogen-bond donors (Lipinski definition) is 1. The Hall–Kier alpha value is -2.73. The Kier molecular flexibility index (Phi) is 5.67. The lowest BCUT2D eigenvalue weighted by molar-refractivity contribution is -0.122. The van der Waals surface area contributed by atoms with Crippen molar-refractivity contribution in [2.75, 3.05) is 36.4 Å². The Labute approximate surface area is 165 Å². The van der Waals surface area contributed by atoms with E-state index in [1.807, 2.05) is 35.2 Å². The Balaban J connectivity index is 1.29. The highest BCUT2D eigenvalue weighted by molar-refractivity contribution is 5.96. The molecule has 2 aliphatic rings. The average Bonchev–Trinajstić information content (AvgIpc) is 2.74. The van der Waals surface area contributed by atoms with Gasteiger partial charge in [0.15, 0.2) is 0 Å². The van der Waals surface area contributed by atoms with Crippen LogP contribution in [-0.4, -0.2) is 47.9 Å². The number of pyridine rings is 1. The summed E-state index contributed by atoms with van der Waals surface area (Å²) in [4.78, 5) is 33.6. The Morgan fingerprint density at radius 1 is 1.04 bits per heavy atom. The van der Waals surface area contributed by atoms with Crippen molar-refractivity contribution in [3.8, 4) is 0 Å². The number of carbonyl (C=O) groups is 2. The number of benzene rings is 1. The third kappa shape index (κ3) is 4.22. The highest BCUT2D eigenvalue weighted by Crippen LogP contribution is 2.27. The minimum atomic E-state index is -0.0240. The van der Waals surface area contributed by atoms with E-state index in [0.29, 0.717) is 12.4 Å². The van der Waals surface area contributed by atoms with E-state index >= 15 is 0 Å². The number of likely N-dealkylation sites (tertiary alicyclic amines) is 1. The van der Waals surface area contributed by atoms with Crippen LogP contribution in [0.2, 0.25) is 0 Å². The molecule has 3 heterocycles. The molecule has 1 N–H and O–H groups in total. The number of aromatic nitrogens is 1. The van der Waals surface area contributed by atoms with Crippen molar-refractivity contribution in [3.63, 3.8) is 0 Å². The molecule has 6 heteroatoms. The van der Waals surface area contributed by atoms with Crippen molar-refractivity contribution in [1.82, 2.24) is 9.88 Å². The summed E-state index contributed by atoms with van der Waals surface area (Å²) in [5.41, 5.74) is 2.32. The number of anilines is 2. The van der Waals surface area contributed by atoms with E-state index in [-0.39, 0.29) is 17.7 Å². The standard InChI is InChI=1S/C22H26N4O2/c27-21(26-13-5-7-17-6-1-2-8-19(17)26)16-25-14-10-18(11-15-25)22(28)24-20-9-3-4-12-23-20/h1-4,6,8-9,12,18H,5,7,10-11,13-16H2,(H,23,24,28). The minimum absolute atomic E-state index is 0.0228. The molecule has 28 heavy (non-hydrogen) atoms. The van der Waals surface area contributed by atoms with E-state index in [9.17, 15) is 9.59 Å². The zero-order valence-corrected chi connectivity index (χ0v) is 16.0. The van der Waals surface area contributed by atoms with Crippen LogP contribution in [0.25, 0.3) is 0 Å². The van der Waals surface area contributed by atoms with Crippen molar-refractivity contribution < 1.29 is 9.59 Å². The second-order valence-electron chi connectivity index (χ2n) is 7.53. The summed E-state index contributed by atoms with van der Waals surface area (Å²) in [5, 5.41) is 2.89. The summed E-state index contributed by atoms with van der Waals surface area (Å²) in [6.07, 6.45) is 5.25. The monoisotopic (exact) mass is 378 g/mol. The fraction of sp³-hybridized carbons (Fsp3) is 0.409. The van der Waals surface area contributed by atoms with E-state index < -0.39 is 0 Å². The van der Waals surface area contributed by atoms with Crippen LogP contribution in [0.15, 0.2) is 48.7 Å². The molecular formula is C22H26N4O2. The van der Waals surface area contributed by atoms with Crippen LogP contribution in [0.4, 0.5) is 11.5 Å². The van der Waals surface area contributed by atoms with Crippen LogP contribution in [0.5, 0.6) is 0 Å². The van der Waals surface area contributed by atoms with Gasteiger partial charge in [0.25, 0.3) is 0 Å². The molecule has 0 bridgehead atoms. The highest BCUT2D eigenvalue weighted by Gasteiger charge is 2.28. The summed E-state index contributed by atoms with van der Waals surface area (Å²) in [6, 6.07) is 13.7. The molecule has 0 spiro atoms. The molecule has 6 nitrogen and oxygen atoms in total. The molecule has 0 saturated carbocycles. The third-order valence-electron chi connectivity index (χ3n) is 5.64. The topological polar surface area (TPSA) is 65.5 Å². The van der Waals surface area contributed by atoms with Gasteiger partial charge in [0.2, 0.25) is 11.8 Å². The van der Waals surface area contributed by atoms with Crippen molar-refractivity contribution in [3.05, 3.63) is 54.2 Å². The number of fused-ring (bicyclic) bond motifs is 1. The Morgan fingerprint density at radius 2 is 1.82 bits per heavy atom. The Morgan fingerprint density at radius 3 is 2.61 bits per heavy atom. The normalized spacial score (nSPS) is 17.8. The smallest absolute Gasteiger partial charge is 0.241 e. The predicted octanol–water partition coefficient (Wildman–Crippen LogP) is 2.71. The molecule has 1 fully saturated rings. The molecule has 1 aromatic heterocycles. The Bertz CT molecular complexity index is 831. The third-order valence-corrected chi connectivity index (χ3v) is 5.64. The van der Waals surface area contributed by atoms with E-state index in [0.717, 1.165) is 51.0 Å². The molecule has 1 aromatic carbocycles. The molecule has 2 aliphatic heterocycles. The molecule has 1 saturated heterocycles. The molecule has 0 unspecified atom stereocenters. The van der Waals surface area contributed by atoms with Gasteiger partial charge in [-0.25, -0.2) is 4.98 Å². The minimum Gasteiger partial charge on any atom is -0.311 e. The maximum atomic E-state index is 12.9. The van der Waals surface area contributed by atoms with Crippen molar-refractivity contribution in [2.24, 2.45) is 5.92 Å². The van der Waals surface area contributed by atoms with Gasteiger partial charge in [-0.05, 0) is 62.5 Å². The zero-order chi connectivity index (χ0) is 19.3. The number of aryl methyl sites for hydroxylation is 1. The first kappa shape index (κ1) is 18.6. The van der Waals surface area contributed by atoms with Crippen LogP contribution in [0.1, 0.15) is 24.8 Å². The fourth-order valence-electron chi connectivity index (χ4n) is 4.09. The molecule has 4 rings (SSSR count). The number of nitrogens with zero attached hydrogens (tertiary/aromatic N) is 3. The van der Waals surface area contributed by atoms with Crippen molar-refractivity contribution in [2.45, 2.75) is 25.7 Å². The molecule has 0 radical (unpaired) electrons. The molecule has 0 atom stereocenters. The summed E-state index contributed by atoms with van der Waals surface area (Å²) >= 11 is 0. The number of amides is 2. The maximum Gasteiger partial charge on any atom is 0.241 e. The summed E-state index contributed by atoms with van der Waals surface area (Å²) in [7, 11) is 0. The van der Waals surface area contributed by atoms with E-state index in [4.69, 9.17) is 0 Å². The van der Waals surface area contributed by atoms with E-state index in [1.54, 1.807) is 12.3 Å². The number of rotatable bonds is 4. The summed E-state index contributed by atoms with van der Waals surface area (Å²) in [6.45, 7) is 2.74. The predicted molar refractivity (Wildman–Crippen MR) is 109 cm³/mol. The van der Waals surface area contributed by atoms with Gasteiger partial charge in [0.05, 0.1) is 6.54 Å². The van der Waals surface area contributed by atoms with Gasteiger partial charge in [-0.2, -0.15) is 0 Å². The molecule has 2 amide bonds. The lowest BCUT2D eigenvalue weighted by Crippen LogP contribution is -2.46. The van der Waals surface area contributed by atoms with Gasteiger partial charge in [0, 0.05) is 24.3 Å². The van der Waals surface area contributed by atoms with Crippen molar-refractivity contribution >= 4 is 23.3 Å². The molecular weight excluding hydrogens is 352 g/mol. The number of para-hydroxylation sites is 1. The van der Waals surface area contributed by atoms with Gasteiger partial charge in [-0.15, -0.1) is 0 Å². The first-order valence-electron chi connectivity index (χ1n) is 10.0. The maximum absolute atomic E-state index is 12.9. The average molecular weight is 378 g/mol. The number of piperidine rings is 1. The molecule has 0 aliphatic carbocycles. The van der Waals surface area contributed by atoms with Crippen LogP contribution >= 0.6 is 0 Å². The summed E-state index contributed by atoms with van der Waals surface area (Å²) in [5.74, 6) is 0.746. The quantitative estimate of drug-likeness (QED) is 0.888. The van der Waals surface area contributed by atoms with Crippen LogP contribution in [0, 0.1) is 5.92 Å². The zero-order valence-electron chi connectivity index (χ0n) is 16.0. The van der Waals surface area contributed by atoms with Crippen LogP contribution in [0.3, 0.4) is 0 Å². The largest absolute Gasteiger partial charge is 0.311 e. The van der Waals surface area contributed by atoms with Gasteiger partial charge < -0.3 is 10.2 Å². The molecule has 146 valence electrons. The van der Waals surface area contributed by atoms with Gasteiger partial charge in [-0.3, -0.25) is 14.5 Å². The van der Waals surface area contributed by atoms with Crippen molar-refractivity contribution in [1.29, 1.82) is 0 Å². The SMILES string of the molecule is O=C(Nc1ccccn1)C1CCN(CC(=O)N2CCCc3ccccc32)CC1. The summed E-state index contributed by atoms with van der Waals surface area (Å²) < 4.78 is 0. The van der Waals surface area contributed by atoms with Gasteiger partial charge >= 0.3 is 0 Å². The highest BCUT2D eigenvalue weighted by atomic mass is 16.2.